The molecule has 0 radical (unpaired) electrons. The molecule has 0 spiro atoms. The lowest BCUT2D eigenvalue weighted by molar-refractivity contribution is 0.353. The maximum Gasteiger partial charge on any atom is 0.194 e. The third-order valence-electron chi connectivity index (χ3n) is 4.26. The van der Waals surface area contributed by atoms with Crippen molar-refractivity contribution in [1.29, 1.82) is 0 Å². The van der Waals surface area contributed by atoms with E-state index in [1.807, 2.05) is 38.2 Å². The summed E-state index contributed by atoms with van der Waals surface area (Å²) in [7, 11) is 9.33. The first kappa shape index (κ1) is 25.3. The highest BCUT2D eigenvalue weighted by molar-refractivity contribution is 14.0. The number of nitrogens with zero attached hydrogens (tertiary/aromatic N) is 4. The fourth-order valence-electron chi connectivity index (χ4n) is 2.72. The number of guanidine groups is 1. The van der Waals surface area contributed by atoms with Gasteiger partial charge in [-0.2, -0.15) is 0 Å². The molecule has 0 unspecified atom stereocenters. The van der Waals surface area contributed by atoms with Crippen molar-refractivity contribution in [1.82, 2.24) is 15.2 Å². The Hall–Kier alpha value is -1.75. The van der Waals surface area contributed by atoms with Gasteiger partial charge in [0.2, 0.25) is 0 Å². The molecule has 0 saturated carbocycles. The Kier molecular flexibility index (Phi) is 10.5. The minimum absolute atomic E-state index is 0. The summed E-state index contributed by atoms with van der Waals surface area (Å²) in [6, 6.07) is 4.03. The van der Waals surface area contributed by atoms with Gasteiger partial charge in [0, 0.05) is 39.6 Å². The van der Waals surface area contributed by atoms with Crippen molar-refractivity contribution in [3.63, 3.8) is 0 Å². The van der Waals surface area contributed by atoms with Gasteiger partial charge in [-0.25, -0.2) is 9.98 Å². The molecular weight excluding hydrogens is 501 g/mol. The molecular formula is C20H32IN5O2S. The Morgan fingerprint density at radius 3 is 2.38 bits per heavy atom. The van der Waals surface area contributed by atoms with Gasteiger partial charge < -0.3 is 24.6 Å². The number of nitrogens with one attached hydrogen (secondary N) is 1. The first-order valence-electron chi connectivity index (χ1n) is 9.22. The van der Waals surface area contributed by atoms with Crippen molar-refractivity contribution >= 4 is 46.4 Å². The van der Waals surface area contributed by atoms with Crippen molar-refractivity contribution in [2.45, 2.75) is 26.9 Å². The number of aromatic nitrogens is 1. The van der Waals surface area contributed by atoms with Crippen LogP contribution in [0.15, 0.2) is 22.5 Å². The molecule has 0 aliphatic carbocycles. The number of ether oxygens (including phenoxy) is 2. The average Bonchev–Trinajstić information content (AvgIpc) is 3.15. The van der Waals surface area contributed by atoms with Crippen LogP contribution in [0.25, 0.3) is 0 Å². The number of aliphatic imine (C=N–C) groups is 1. The van der Waals surface area contributed by atoms with Gasteiger partial charge >= 0.3 is 0 Å². The van der Waals surface area contributed by atoms with Crippen molar-refractivity contribution < 1.29 is 9.47 Å². The number of methoxy groups -OCH3 is 2. The minimum Gasteiger partial charge on any atom is -0.493 e. The maximum atomic E-state index is 5.45. The van der Waals surface area contributed by atoms with Crippen molar-refractivity contribution in [3.05, 3.63) is 34.3 Å². The minimum atomic E-state index is 0. The Morgan fingerprint density at radius 2 is 1.83 bits per heavy atom. The molecule has 1 heterocycles. The van der Waals surface area contributed by atoms with Crippen molar-refractivity contribution in [3.8, 4) is 11.5 Å². The Bertz CT molecular complexity index is 810. The topological polar surface area (TPSA) is 62.2 Å². The average molecular weight is 533 g/mol. The molecule has 0 saturated heterocycles. The van der Waals surface area contributed by atoms with Gasteiger partial charge in [0.15, 0.2) is 22.6 Å². The van der Waals surface area contributed by atoms with E-state index in [1.165, 1.54) is 0 Å². The summed E-state index contributed by atoms with van der Waals surface area (Å²) in [6.45, 7) is 6.19. The van der Waals surface area contributed by atoms with Crippen LogP contribution in [0.4, 0.5) is 5.13 Å². The van der Waals surface area contributed by atoms with Crippen LogP contribution in [0.5, 0.6) is 11.5 Å². The number of halogens is 1. The summed E-state index contributed by atoms with van der Waals surface area (Å²) in [4.78, 5) is 13.5. The molecule has 0 bridgehead atoms. The highest BCUT2D eigenvalue weighted by Crippen LogP contribution is 2.30. The predicted octanol–water partition coefficient (Wildman–Crippen LogP) is 3.75. The fraction of sp³-hybridized carbons (Fsp3) is 0.500. The molecule has 1 aromatic heterocycles. The zero-order valence-electron chi connectivity index (χ0n) is 18.3. The fourth-order valence-corrected chi connectivity index (χ4v) is 3.47. The first-order chi connectivity index (χ1) is 13.4. The zero-order valence-corrected chi connectivity index (χ0v) is 21.4. The van der Waals surface area contributed by atoms with E-state index in [1.54, 1.807) is 25.6 Å². The van der Waals surface area contributed by atoms with E-state index in [0.717, 1.165) is 46.0 Å². The smallest absolute Gasteiger partial charge is 0.194 e. The Balaban J connectivity index is 0.00000420. The van der Waals surface area contributed by atoms with Gasteiger partial charge in [-0.1, -0.05) is 0 Å². The van der Waals surface area contributed by atoms with E-state index >= 15 is 0 Å². The van der Waals surface area contributed by atoms with Crippen LogP contribution < -0.4 is 19.7 Å². The lowest BCUT2D eigenvalue weighted by Crippen LogP contribution is -2.38. The Labute approximate surface area is 195 Å². The second-order valence-corrected chi connectivity index (χ2v) is 7.51. The summed E-state index contributed by atoms with van der Waals surface area (Å²) in [5.41, 5.74) is 3.28. The van der Waals surface area contributed by atoms with E-state index in [-0.39, 0.29) is 24.0 Å². The summed E-state index contributed by atoms with van der Waals surface area (Å²) < 4.78 is 10.8. The third kappa shape index (κ3) is 6.91. The number of aryl methyl sites for hydroxylation is 1. The lowest BCUT2D eigenvalue weighted by atomic mass is 10.1. The second kappa shape index (κ2) is 12.1. The summed E-state index contributed by atoms with van der Waals surface area (Å²) in [5, 5.41) is 6.40. The van der Waals surface area contributed by atoms with Crippen molar-refractivity contribution in [2.24, 2.45) is 4.99 Å². The molecule has 2 rings (SSSR count). The van der Waals surface area contributed by atoms with Gasteiger partial charge in [0.1, 0.15) is 0 Å². The number of anilines is 1. The van der Waals surface area contributed by atoms with Crippen LogP contribution in [0.2, 0.25) is 0 Å². The van der Waals surface area contributed by atoms with E-state index in [4.69, 9.17) is 14.5 Å². The lowest BCUT2D eigenvalue weighted by Gasteiger charge is -2.23. The van der Waals surface area contributed by atoms with Crippen LogP contribution >= 0.6 is 35.3 Å². The number of rotatable bonds is 8. The molecule has 0 atom stereocenters. The predicted molar refractivity (Wildman–Crippen MR) is 132 cm³/mol. The molecule has 7 nitrogen and oxygen atoms in total. The highest BCUT2D eigenvalue weighted by atomic mass is 127. The van der Waals surface area contributed by atoms with Crippen LogP contribution in [0, 0.1) is 6.92 Å². The second-order valence-electron chi connectivity index (χ2n) is 6.68. The molecule has 1 N–H and O–H groups in total. The van der Waals surface area contributed by atoms with Crippen LogP contribution in [-0.2, 0) is 13.1 Å². The zero-order chi connectivity index (χ0) is 20.7. The van der Waals surface area contributed by atoms with Gasteiger partial charge in [-0.3, -0.25) is 0 Å². The van der Waals surface area contributed by atoms with Crippen molar-refractivity contribution in [2.75, 3.05) is 46.8 Å². The normalized spacial score (nSPS) is 10.9. The third-order valence-corrected chi connectivity index (χ3v) is 5.32. The number of benzene rings is 1. The number of thiazole rings is 1. The number of hydrogen-bond donors (Lipinski definition) is 1. The molecule has 1 aromatic carbocycles. The summed E-state index contributed by atoms with van der Waals surface area (Å²) in [5.74, 6) is 2.32. The van der Waals surface area contributed by atoms with E-state index in [0.29, 0.717) is 13.1 Å². The molecule has 0 fully saturated rings. The molecule has 0 aliphatic heterocycles. The van der Waals surface area contributed by atoms with E-state index in [2.05, 4.69) is 34.4 Å². The molecule has 29 heavy (non-hydrogen) atoms. The monoisotopic (exact) mass is 533 g/mol. The first-order valence-corrected chi connectivity index (χ1v) is 10.1. The van der Waals surface area contributed by atoms with Gasteiger partial charge in [0.25, 0.3) is 0 Å². The highest BCUT2D eigenvalue weighted by Gasteiger charge is 2.13. The molecule has 0 amide bonds. The maximum absolute atomic E-state index is 5.45. The van der Waals surface area contributed by atoms with Crippen LogP contribution in [0.1, 0.15) is 23.7 Å². The van der Waals surface area contributed by atoms with Gasteiger partial charge in [-0.05, 0) is 37.1 Å². The summed E-state index contributed by atoms with van der Waals surface area (Å²) in [6.07, 6.45) is 0. The molecule has 162 valence electrons. The largest absolute Gasteiger partial charge is 0.493 e. The molecule has 2 aromatic rings. The quantitative estimate of drug-likeness (QED) is 0.317. The number of hydrogen-bond acceptors (Lipinski definition) is 6. The molecule has 0 aliphatic rings. The van der Waals surface area contributed by atoms with E-state index in [9.17, 15) is 0 Å². The van der Waals surface area contributed by atoms with Gasteiger partial charge in [-0.15, -0.1) is 35.3 Å². The Morgan fingerprint density at radius 1 is 1.17 bits per heavy atom. The standard InChI is InChI=1S/C20H31N5O2S.HI/c1-8-21-19(22-11-16-13-28-20(23-16)24(3)4)25(5)12-15-10-18(27-7)17(26-6)9-14(15)2;/h9-10,13H,8,11-12H2,1-7H3,(H,21,22);1H. The summed E-state index contributed by atoms with van der Waals surface area (Å²) >= 11 is 1.63. The SMILES string of the molecule is CCNC(=NCc1csc(N(C)C)n1)N(C)Cc1cc(OC)c(OC)cc1C.I. The van der Waals surface area contributed by atoms with Crippen LogP contribution in [0.3, 0.4) is 0 Å². The molecule has 9 heteroatoms. The van der Waals surface area contributed by atoms with Gasteiger partial charge in [0.05, 0.1) is 26.5 Å². The van der Waals surface area contributed by atoms with E-state index < -0.39 is 0 Å². The van der Waals surface area contributed by atoms with Crippen LogP contribution in [-0.4, -0.2) is 57.8 Å².